The van der Waals surface area contributed by atoms with E-state index in [1.54, 1.807) is 23.9 Å². The van der Waals surface area contributed by atoms with E-state index in [4.69, 9.17) is 0 Å². The Labute approximate surface area is 139 Å². The summed E-state index contributed by atoms with van der Waals surface area (Å²) in [5.41, 5.74) is 2.48. The van der Waals surface area contributed by atoms with E-state index in [0.717, 1.165) is 16.9 Å². The largest absolute Gasteiger partial charge is 0.352 e. The summed E-state index contributed by atoms with van der Waals surface area (Å²) in [5, 5.41) is 7.08. The van der Waals surface area contributed by atoms with Crippen LogP contribution in [0.4, 0.5) is 0 Å². The number of nitrogens with zero attached hydrogens (tertiary/aromatic N) is 2. The van der Waals surface area contributed by atoms with Crippen LogP contribution >= 0.6 is 0 Å². The van der Waals surface area contributed by atoms with Gasteiger partial charge in [0.05, 0.1) is 11.9 Å². The highest BCUT2D eigenvalue weighted by atomic mass is 16.2. The molecular formula is C18H18N4O2. The number of rotatable bonds is 5. The van der Waals surface area contributed by atoms with Crippen molar-refractivity contribution in [1.82, 2.24) is 20.1 Å². The molecule has 2 N–H and O–H groups in total. The van der Waals surface area contributed by atoms with Crippen molar-refractivity contribution in [3.05, 3.63) is 82.0 Å². The molecule has 0 saturated heterocycles. The summed E-state index contributed by atoms with van der Waals surface area (Å²) < 4.78 is 1.79. The lowest BCUT2D eigenvalue weighted by atomic mass is 10.2. The third-order valence-corrected chi connectivity index (χ3v) is 3.66. The number of amides is 1. The number of aromatic amines is 1. The van der Waals surface area contributed by atoms with E-state index >= 15 is 0 Å². The Balaban J connectivity index is 1.58. The fourth-order valence-corrected chi connectivity index (χ4v) is 2.38. The van der Waals surface area contributed by atoms with Gasteiger partial charge >= 0.3 is 0 Å². The number of pyridine rings is 1. The zero-order chi connectivity index (χ0) is 16.9. The molecule has 0 saturated carbocycles. The molecule has 2 aromatic heterocycles. The van der Waals surface area contributed by atoms with Crippen molar-refractivity contribution in [3.63, 3.8) is 0 Å². The molecule has 2 heterocycles. The molecule has 1 aromatic carbocycles. The van der Waals surface area contributed by atoms with Gasteiger partial charge in [0.2, 0.25) is 0 Å². The molecule has 0 aliphatic carbocycles. The number of carbonyl (C=O) groups is 1. The molecule has 0 bridgehead atoms. The molecule has 0 aliphatic heterocycles. The van der Waals surface area contributed by atoms with Crippen LogP contribution in [-0.4, -0.2) is 27.2 Å². The van der Waals surface area contributed by atoms with Crippen molar-refractivity contribution in [1.29, 1.82) is 0 Å². The Kier molecular flexibility index (Phi) is 4.56. The molecule has 3 rings (SSSR count). The molecule has 6 nitrogen and oxygen atoms in total. The van der Waals surface area contributed by atoms with E-state index in [2.05, 4.69) is 15.4 Å². The zero-order valence-corrected chi connectivity index (χ0v) is 13.3. The van der Waals surface area contributed by atoms with E-state index in [1.165, 1.54) is 6.07 Å². The number of aryl methyl sites for hydroxylation is 1. The lowest BCUT2D eigenvalue weighted by molar-refractivity contribution is 0.0952. The summed E-state index contributed by atoms with van der Waals surface area (Å²) in [6, 6.07) is 13.1. The molecule has 0 spiro atoms. The SMILES string of the molecule is Cc1ccc(C(=O)NCCc2cnn(-c3ccccc3)c2)c(=O)[nH]1. The summed E-state index contributed by atoms with van der Waals surface area (Å²) in [6.07, 6.45) is 4.35. The Bertz CT molecular complexity index is 897. The van der Waals surface area contributed by atoms with E-state index in [9.17, 15) is 9.59 Å². The number of aromatic nitrogens is 3. The number of carbonyl (C=O) groups excluding carboxylic acids is 1. The minimum Gasteiger partial charge on any atom is -0.352 e. The van der Waals surface area contributed by atoms with Crippen molar-refractivity contribution >= 4 is 5.91 Å². The van der Waals surface area contributed by atoms with Gasteiger partial charge in [0.1, 0.15) is 5.56 Å². The van der Waals surface area contributed by atoms with Crippen LogP contribution < -0.4 is 10.9 Å². The molecule has 24 heavy (non-hydrogen) atoms. The second-order valence-corrected chi connectivity index (χ2v) is 5.52. The monoisotopic (exact) mass is 322 g/mol. The van der Waals surface area contributed by atoms with E-state index in [0.29, 0.717) is 13.0 Å². The maximum Gasteiger partial charge on any atom is 0.260 e. The molecular weight excluding hydrogens is 304 g/mol. The predicted octanol–water partition coefficient (Wildman–Crippen LogP) is 1.84. The fourth-order valence-electron chi connectivity index (χ4n) is 2.38. The summed E-state index contributed by atoms with van der Waals surface area (Å²) in [4.78, 5) is 26.4. The first-order valence-corrected chi connectivity index (χ1v) is 7.70. The first-order valence-electron chi connectivity index (χ1n) is 7.70. The predicted molar refractivity (Wildman–Crippen MR) is 91.4 cm³/mol. The number of para-hydroxylation sites is 1. The quantitative estimate of drug-likeness (QED) is 0.752. The fraction of sp³-hybridized carbons (Fsp3) is 0.167. The van der Waals surface area contributed by atoms with Crippen LogP contribution in [0, 0.1) is 6.92 Å². The second-order valence-electron chi connectivity index (χ2n) is 5.52. The van der Waals surface area contributed by atoms with Crippen molar-refractivity contribution in [3.8, 4) is 5.69 Å². The van der Waals surface area contributed by atoms with Crippen LogP contribution in [0.1, 0.15) is 21.6 Å². The highest BCUT2D eigenvalue weighted by Crippen LogP contribution is 2.07. The molecule has 0 atom stereocenters. The Morgan fingerprint density at radius 2 is 2.00 bits per heavy atom. The smallest absolute Gasteiger partial charge is 0.260 e. The first kappa shape index (κ1) is 15.7. The average molecular weight is 322 g/mol. The molecule has 0 unspecified atom stereocenters. The third-order valence-electron chi connectivity index (χ3n) is 3.66. The third kappa shape index (κ3) is 3.60. The van der Waals surface area contributed by atoms with Crippen LogP contribution in [0.3, 0.4) is 0 Å². The molecule has 0 fully saturated rings. The number of H-pyrrole nitrogens is 1. The van der Waals surface area contributed by atoms with Gasteiger partial charge in [-0.2, -0.15) is 5.10 Å². The average Bonchev–Trinajstić information content (AvgIpc) is 3.04. The normalized spacial score (nSPS) is 10.5. The number of nitrogens with one attached hydrogen (secondary N) is 2. The van der Waals surface area contributed by atoms with Crippen molar-refractivity contribution in [2.45, 2.75) is 13.3 Å². The van der Waals surface area contributed by atoms with Gasteiger partial charge in [-0.05, 0) is 43.2 Å². The summed E-state index contributed by atoms with van der Waals surface area (Å²) in [5.74, 6) is -0.369. The minimum atomic E-state index is -0.371. The molecule has 0 radical (unpaired) electrons. The lowest BCUT2D eigenvalue weighted by Gasteiger charge is -2.04. The van der Waals surface area contributed by atoms with Gasteiger partial charge in [-0.15, -0.1) is 0 Å². The zero-order valence-electron chi connectivity index (χ0n) is 13.3. The van der Waals surface area contributed by atoms with E-state index in [-0.39, 0.29) is 17.0 Å². The van der Waals surface area contributed by atoms with Crippen molar-refractivity contribution in [2.24, 2.45) is 0 Å². The van der Waals surface area contributed by atoms with Crippen LogP contribution in [-0.2, 0) is 6.42 Å². The maximum atomic E-state index is 12.0. The standard InChI is InChI=1S/C18H18N4O2/c1-13-7-8-16(18(24)21-13)17(23)19-10-9-14-11-20-22(12-14)15-5-3-2-4-6-15/h2-8,11-12H,9-10H2,1H3,(H,19,23)(H,21,24). The van der Waals surface area contributed by atoms with E-state index < -0.39 is 0 Å². The van der Waals surface area contributed by atoms with Gasteiger partial charge < -0.3 is 10.3 Å². The molecule has 0 aliphatic rings. The minimum absolute atomic E-state index is 0.126. The Morgan fingerprint density at radius 3 is 2.75 bits per heavy atom. The highest BCUT2D eigenvalue weighted by molar-refractivity contribution is 5.93. The highest BCUT2D eigenvalue weighted by Gasteiger charge is 2.10. The summed E-state index contributed by atoms with van der Waals surface area (Å²) in [6.45, 7) is 2.21. The molecule has 3 aromatic rings. The maximum absolute atomic E-state index is 12.0. The Hall–Kier alpha value is -3.15. The number of hydrogen-bond donors (Lipinski definition) is 2. The molecule has 122 valence electrons. The summed E-state index contributed by atoms with van der Waals surface area (Å²) >= 11 is 0. The van der Waals surface area contributed by atoms with Gasteiger partial charge in [0.25, 0.3) is 11.5 Å². The van der Waals surface area contributed by atoms with Crippen LogP contribution in [0.15, 0.2) is 59.7 Å². The number of benzene rings is 1. The van der Waals surface area contributed by atoms with Crippen LogP contribution in [0.25, 0.3) is 5.69 Å². The number of hydrogen-bond acceptors (Lipinski definition) is 3. The van der Waals surface area contributed by atoms with Crippen molar-refractivity contribution < 1.29 is 4.79 Å². The topological polar surface area (TPSA) is 79.8 Å². The molecule has 1 amide bonds. The van der Waals surface area contributed by atoms with Gasteiger partial charge in [0.15, 0.2) is 0 Å². The Morgan fingerprint density at radius 1 is 1.21 bits per heavy atom. The van der Waals surface area contributed by atoms with E-state index in [1.807, 2.05) is 36.5 Å². The van der Waals surface area contributed by atoms with Gasteiger partial charge in [-0.25, -0.2) is 4.68 Å². The van der Waals surface area contributed by atoms with Crippen LogP contribution in [0.5, 0.6) is 0 Å². The molecule has 6 heteroatoms. The van der Waals surface area contributed by atoms with Gasteiger partial charge in [-0.3, -0.25) is 9.59 Å². The second kappa shape index (κ2) is 6.95. The van der Waals surface area contributed by atoms with Crippen molar-refractivity contribution in [2.75, 3.05) is 6.54 Å². The van der Waals surface area contributed by atoms with Gasteiger partial charge in [-0.1, -0.05) is 18.2 Å². The van der Waals surface area contributed by atoms with Gasteiger partial charge in [0, 0.05) is 18.4 Å². The summed E-state index contributed by atoms with van der Waals surface area (Å²) in [7, 11) is 0. The first-order chi connectivity index (χ1) is 11.6. The lowest BCUT2D eigenvalue weighted by Crippen LogP contribution is -2.31. The van der Waals surface area contributed by atoms with Crippen LogP contribution in [0.2, 0.25) is 0 Å².